The van der Waals surface area contributed by atoms with E-state index in [0.717, 1.165) is 36.8 Å². The minimum atomic E-state index is -0.380. The van der Waals surface area contributed by atoms with Gasteiger partial charge in [0.15, 0.2) is 0 Å². The van der Waals surface area contributed by atoms with E-state index in [-0.39, 0.29) is 18.4 Å². The van der Waals surface area contributed by atoms with Gasteiger partial charge in [0.05, 0.1) is 19.2 Å². The highest BCUT2D eigenvalue weighted by Gasteiger charge is 2.27. The summed E-state index contributed by atoms with van der Waals surface area (Å²) in [6.07, 6.45) is 3.98. The number of ether oxygens (including phenoxy) is 1. The van der Waals surface area contributed by atoms with Crippen molar-refractivity contribution in [1.82, 2.24) is 4.90 Å². The number of methoxy groups -OCH3 is 1. The average molecular weight is 407 g/mol. The Morgan fingerprint density at radius 3 is 2.74 bits per heavy atom. The maximum atomic E-state index is 12.5. The van der Waals surface area contributed by atoms with Gasteiger partial charge in [-0.2, -0.15) is 0 Å². The van der Waals surface area contributed by atoms with Crippen LogP contribution in [0.25, 0.3) is 0 Å². The van der Waals surface area contributed by atoms with E-state index in [1.165, 1.54) is 23.3 Å². The molecular formula is C20H23ClN2O3S. The average Bonchev–Trinajstić information content (AvgIpc) is 3.00. The molecule has 1 amide bonds. The predicted octanol–water partition coefficient (Wildman–Crippen LogP) is 4.14. The van der Waals surface area contributed by atoms with Gasteiger partial charge in [-0.15, -0.1) is 11.3 Å². The minimum absolute atomic E-state index is 0.159. The standard InChI is InChI=1S/C20H23ClN2O3S/c1-23(11-13-7-3-5-9-15(13)21)12-17(24)22-19-18(20(25)26-2)14-8-4-6-10-16(14)27-19/h3,5,7,9H,4,6,8,10-12H2,1-2H3,(H,22,24). The van der Waals surface area contributed by atoms with Crippen molar-refractivity contribution in [2.24, 2.45) is 0 Å². The van der Waals surface area contributed by atoms with Crippen LogP contribution < -0.4 is 5.32 Å². The topological polar surface area (TPSA) is 58.6 Å². The van der Waals surface area contributed by atoms with Gasteiger partial charge >= 0.3 is 5.97 Å². The van der Waals surface area contributed by atoms with E-state index in [4.69, 9.17) is 16.3 Å². The second-order valence-electron chi connectivity index (χ2n) is 6.72. The van der Waals surface area contributed by atoms with Crippen LogP contribution in [0.3, 0.4) is 0 Å². The number of carbonyl (C=O) groups excluding carboxylic acids is 2. The number of esters is 1. The second kappa shape index (κ2) is 8.87. The Kier molecular flexibility index (Phi) is 6.52. The van der Waals surface area contributed by atoms with Crippen molar-refractivity contribution in [3.63, 3.8) is 0 Å². The summed E-state index contributed by atoms with van der Waals surface area (Å²) in [7, 11) is 3.24. The Bertz CT molecular complexity index is 850. The summed E-state index contributed by atoms with van der Waals surface area (Å²) < 4.78 is 4.95. The number of likely N-dealkylation sites (N-methyl/N-ethyl adjacent to an activating group) is 1. The molecule has 3 rings (SSSR count). The first-order valence-corrected chi connectivity index (χ1v) is 10.1. The lowest BCUT2D eigenvalue weighted by Crippen LogP contribution is -2.30. The minimum Gasteiger partial charge on any atom is -0.465 e. The van der Waals surface area contributed by atoms with E-state index >= 15 is 0 Å². The fraction of sp³-hybridized carbons (Fsp3) is 0.400. The summed E-state index contributed by atoms with van der Waals surface area (Å²) in [4.78, 5) is 27.9. The third-order valence-corrected chi connectivity index (χ3v) is 6.20. The molecule has 0 bridgehead atoms. The molecule has 0 saturated heterocycles. The smallest absolute Gasteiger partial charge is 0.341 e. The van der Waals surface area contributed by atoms with Crippen LogP contribution in [0, 0.1) is 0 Å². The molecule has 0 fully saturated rings. The first-order chi connectivity index (χ1) is 13.0. The van der Waals surface area contributed by atoms with E-state index in [9.17, 15) is 9.59 Å². The normalized spacial score (nSPS) is 13.3. The Hall–Kier alpha value is -1.89. The molecular weight excluding hydrogens is 384 g/mol. The lowest BCUT2D eigenvalue weighted by Gasteiger charge is -2.17. The lowest BCUT2D eigenvalue weighted by molar-refractivity contribution is -0.117. The van der Waals surface area contributed by atoms with Crippen LogP contribution in [0.1, 0.15) is 39.2 Å². The summed E-state index contributed by atoms with van der Waals surface area (Å²) in [5.41, 5.74) is 2.54. The number of rotatable bonds is 6. The van der Waals surface area contributed by atoms with Crippen molar-refractivity contribution in [3.05, 3.63) is 50.9 Å². The summed E-state index contributed by atoms with van der Waals surface area (Å²) in [5, 5.41) is 4.20. The van der Waals surface area contributed by atoms with Gasteiger partial charge in [-0.25, -0.2) is 4.79 Å². The zero-order chi connectivity index (χ0) is 19.4. The first kappa shape index (κ1) is 19.9. The summed E-state index contributed by atoms with van der Waals surface area (Å²) in [5.74, 6) is -0.539. The molecule has 1 heterocycles. The molecule has 27 heavy (non-hydrogen) atoms. The van der Waals surface area contributed by atoms with E-state index in [1.807, 2.05) is 36.2 Å². The largest absolute Gasteiger partial charge is 0.465 e. The van der Waals surface area contributed by atoms with Crippen LogP contribution in [-0.2, 0) is 28.9 Å². The zero-order valence-corrected chi connectivity index (χ0v) is 17.1. The number of benzene rings is 1. The van der Waals surface area contributed by atoms with Crippen LogP contribution in [0.2, 0.25) is 5.02 Å². The predicted molar refractivity (Wildman–Crippen MR) is 109 cm³/mol. The maximum absolute atomic E-state index is 12.5. The third kappa shape index (κ3) is 4.69. The summed E-state index contributed by atoms with van der Waals surface area (Å²) >= 11 is 7.68. The molecule has 0 spiro atoms. The molecule has 1 N–H and O–H groups in total. The molecule has 2 aromatic rings. The van der Waals surface area contributed by atoms with Gasteiger partial charge in [0.2, 0.25) is 5.91 Å². The molecule has 1 aliphatic carbocycles. The Balaban J connectivity index is 1.69. The van der Waals surface area contributed by atoms with E-state index < -0.39 is 0 Å². The summed E-state index contributed by atoms with van der Waals surface area (Å²) in [6, 6.07) is 7.59. The van der Waals surface area contributed by atoms with Gasteiger partial charge in [0, 0.05) is 16.4 Å². The second-order valence-corrected chi connectivity index (χ2v) is 8.23. The molecule has 1 aliphatic rings. The van der Waals surface area contributed by atoms with Crippen LogP contribution in [0.4, 0.5) is 5.00 Å². The van der Waals surface area contributed by atoms with Crippen molar-refractivity contribution in [2.75, 3.05) is 26.0 Å². The number of thiophene rings is 1. The number of nitrogens with one attached hydrogen (secondary N) is 1. The van der Waals surface area contributed by atoms with Gasteiger partial charge in [-0.1, -0.05) is 29.8 Å². The summed E-state index contributed by atoms with van der Waals surface area (Å²) in [6.45, 7) is 0.770. The van der Waals surface area contributed by atoms with Crippen molar-refractivity contribution in [1.29, 1.82) is 0 Å². The van der Waals surface area contributed by atoms with Crippen molar-refractivity contribution < 1.29 is 14.3 Å². The molecule has 0 radical (unpaired) electrons. The SMILES string of the molecule is COC(=O)c1c(NC(=O)CN(C)Cc2ccccc2Cl)sc2c1CCCC2. The van der Waals surface area contributed by atoms with Crippen molar-refractivity contribution >= 4 is 39.8 Å². The lowest BCUT2D eigenvalue weighted by atomic mass is 9.95. The number of aryl methyl sites for hydroxylation is 1. The number of hydrogen-bond acceptors (Lipinski definition) is 5. The molecule has 0 saturated carbocycles. The first-order valence-electron chi connectivity index (χ1n) is 8.94. The molecule has 7 heteroatoms. The van der Waals surface area contributed by atoms with Gasteiger partial charge in [-0.05, 0) is 49.9 Å². The van der Waals surface area contributed by atoms with Crippen LogP contribution in [-0.4, -0.2) is 37.5 Å². The van der Waals surface area contributed by atoms with Gasteiger partial charge < -0.3 is 10.1 Å². The fourth-order valence-electron chi connectivity index (χ4n) is 3.36. The number of carbonyl (C=O) groups is 2. The van der Waals surface area contributed by atoms with Crippen LogP contribution in [0.15, 0.2) is 24.3 Å². The molecule has 144 valence electrons. The monoisotopic (exact) mass is 406 g/mol. The van der Waals surface area contributed by atoms with Crippen molar-refractivity contribution in [2.45, 2.75) is 32.2 Å². The van der Waals surface area contributed by atoms with Gasteiger partial charge in [0.25, 0.3) is 0 Å². The van der Waals surface area contributed by atoms with Gasteiger partial charge in [0.1, 0.15) is 5.00 Å². The highest BCUT2D eigenvalue weighted by atomic mass is 35.5. The maximum Gasteiger partial charge on any atom is 0.341 e. The van der Waals surface area contributed by atoms with Gasteiger partial charge in [-0.3, -0.25) is 9.69 Å². The Morgan fingerprint density at radius 2 is 2.00 bits per heavy atom. The van der Waals surface area contributed by atoms with Crippen LogP contribution >= 0.6 is 22.9 Å². The molecule has 0 aliphatic heterocycles. The number of fused-ring (bicyclic) bond motifs is 1. The number of hydrogen-bond donors (Lipinski definition) is 1. The van der Waals surface area contributed by atoms with E-state index in [0.29, 0.717) is 22.1 Å². The van der Waals surface area contributed by atoms with Crippen LogP contribution in [0.5, 0.6) is 0 Å². The quantitative estimate of drug-likeness (QED) is 0.732. The fourth-order valence-corrected chi connectivity index (χ4v) is 4.85. The highest BCUT2D eigenvalue weighted by Crippen LogP contribution is 2.38. The third-order valence-electron chi connectivity index (χ3n) is 4.63. The Morgan fingerprint density at radius 1 is 1.26 bits per heavy atom. The zero-order valence-electron chi connectivity index (χ0n) is 15.5. The molecule has 1 aromatic heterocycles. The molecule has 1 aromatic carbocycles. The number of halogens is 1. The molecule has 0 atom stereocenters. The molecule has 0 unspecified atom stereocenters. The number of amides is 1. The van der Waals surface area contributed by atoms with E-state index in [2.05, 4.69) is 5.32 Å². The van der Waals surface area contributed by atoms with Crippen molar-refractivity contribution in [3.8, 4) is 0 Å². The van der Waals surface area contributed by atoms with E-state index in [1.54, 1.807) is 0 Å². The number of nitrogens with zero attached hydrogens (tertiary/aromatic N) is 1. The Labute approximate surface area is 168 Å². The number of anilines is 1. The highest BCUT2D eigenvalue weighted by molar-refractivity contribution is 7.17. The molecule has 5 nitrogen and oxygen atoms in total.